The molecule has 1 amide bonds. The summed E-state index contributed by atoms with van der Waals surface area (Å²) in [5, 5.41) is 9.47. The predicted molar refractivity (Wildman–Crippen MR) is 60.6 cm³/mol. The molecule has 1 aromatic carbocycles. The van der Waals surface area contributed by atoms with Gasteiger partial charge in [-0.25, -0.2) is 8.78 Å². The van der Waals surface area contributed by atoms with Crippen LogP contribution < -0.4 is 0 Å². The van der Waals surface area contributed by atoms with Gasteiger partial charge in [0.25, 0.3) is 5.91 Å². The fraction of sp³-hybridized carbons (Fsp3) is 0.364. The van der Waals surface area contributed by atoms with Crippen LogP contribution in [0.15, 0.2) is 16.6 Å². The Balaban J connectivity index is 2.27. The number of aliphatic hydroxyl groups is 1. The first-order valence-corrected chi connectivity index (χ1v) is 5.76. The Morgan fingerprint density at radius 2 is 1.88 bits per heavy atom. The second-order valence-electron chi connectivity index (χ2n) is 4.40. The average Bonchev–Trinajstić information content (AvgIpc) is 2.11. The standard InChI is InChI=1S/C11H10BrF2NO2/c1-11(17)4-15(5-11)10(16)9-7(13)2-6(12)3-8(9)14/h2-3,17H,4-5H2,1H3. The van der Waals surface area contributed by atoms with Crippen LogP contribution in [0.3, 0.4) is 0 Å². The Bertz CT molecular complexity index is 459. The number of hydrogen-bond donors (Lipinski definition) is 1. The van der Waals surface area contributed by atoms with Gasteiger partial charge in [0.15, 0.2) is 0 Å². The van der Waals surface area contributed by atoms with Gasteiger partial charge in [-0.15, -0.1) is 0 Å². The number of carbonyl (C=O) groups excluding carboxylic acids is 1. The summed E-state index contributed by atoms with van der Waals surface area (Å²) in [5.74, 6) is -2.55. The number of amides is 1. The molecular formula is C11H10BrF2NO2. The Hall–Kier alpha value is -1.01. The summed E-state index contributed by atoms with van der Waals surface area (Å²) < 4.78 is 27.2. The van der Waals surface area contributed by atoms with Gasteiger partial charge in [0.1, 0.15) is 17.2 Å². The van der Waals surface area contributed by atoms with Crippen molar-refractivity contribution in [2.24, 2.45) is 0 Å². The molecule has 0 unspecified atom stereocenters. The van der Waals surface area contributed by atoms with Crippen molar-refractivity contribution >= 4 is 21.8 Å². The number of nitrogens with zero attached hydrogens (tertiary/aromatic N) is 1. The first kappa shape index (κ1) is 12.4. The molecule has 1 fully saturated rings. The summed E-state index contributed by atoms with van der Waals surface area (Å²) in [6, 6.07) is 2.07. The third kappa shape index (κ3) is 2.32. The van der Waals surface area contributed by atoms with Crippen molar-refractivity contribution in [1.82, 2.24) is 4.90 Å². The van der Waals surface area contributed by atoms with E-state index in [-0.39, 0.29) is 17.6 Å². The zero-order valence-corrected chi connectivity index (χ0v) is 10.6. The van der Waals surface area contributed by atoms with E-state index in [1.165, 1.54) is 4.90 Å². The van der Waals surface area contributed by atoms with E-state index in [1.54, 1.807) is 6.92 Å². The summed E-state index contributed by atoms with van der Waals surface area (Å²) in [6.45, 7) is 1.73. The van der Waals surface area contributed by atoms with Crippen molar-refractivity contribution in [3.05, 3.63) is 33.8 Å². The minimum Gasteiger partial charge on any atom is -0.386 e. The maximum atomic E-state index is 13.5. The molecule has 0 radical (unpaired) electrons. The molecule has 1 aliphatic heterocycles. The van der Waals surface area contributed by atoms with Crippen molar-refractivity contribution in [3.8, 4) is 0 Å². The van der Waals surface area contributed by atoms with Gasteiger partial charge in [0, 0.05) is 4.47 Å². The number of likely N-dealkylation sites (tertiary alicyclic amines) is 1. The lowest BCUT2D eigenvalue weighted by Gasteiger charge is -2.44. The van der Waals surface area contributed by atoms with Crippen molar-refractivity contribution in [2.75, 3.05) is 13.1 Å². The molecule has 1 N–H and O–H groups in total. The molecule has 1 heterocycles. The Morgan fingerprint density at radius 1 is 1.41 bits per heavy atom. The zero-order chi connectivity index (χ0) is 12.8. The van der Waals surface area contributed by atoms with E-state index >= 15 is 0 Å². The van der Waals surface area contributed by atoms with Crippen LogP contribution in [-0.2, 0) is 0 Å². The summed E-state index contributed by atoms with van der Waals surface area (Å²) in [6.07, 6.45) is 0. The molecule has 1 saturated heterocycles. The minimum absolute atomic E-state index is 0.0841. The molecule has 0 saturated carbocycles. The van der Waals surface area contributed by atoms with Gasteiger partial charge < -0.3 is 10.0 Å². The molecule has 92 valence electrons. The summed E-state index contributed by atoms with van der Waals surface area (Å²) in [4.78, 5) is 13.0. The Kier molecular flexibility index (Phi) is 2.95. The molecule has 17 heavy (non-hydrogen) atoms. The van der Waals surface area contributed by atoms with Crippen LogP contribution >= 0.6 is 15.9 Å². The maximum Gasteiger partial charge on any atom is 0.260 e. The van der Waals surface area contributed by atoms with Gasteiger partial charge in [-0.2, -0.15) is 0 Å². The second kappa shape index (κ2) is 4.03. The van der Waals surface area contributed by atoms with E-state index in [4.69, 9.17) is 0 Å². The van der Waals surface area contributed by atoms with Crippen LogP contribution in [-0.4, -0.2) is 34.6 Å². The highest BCUT2D eigenvalue weighted by Crippen LogP contribution is 2.26. The second-order valence-corrected chi connectivity index (χ2v) is 5.32. The van der Waals surface area contributed by atoms with Crippen LogP contribution in [0.4, 0.5) is 8.78 Å². The number of benzene rings is 1. The van der Waals surface area contributed by atoms with E-state index in [2.05, 4.69) is 15.9 Å². The third-order valence-electron chi connectivity index (χ3n) is 2.57. The lowest BCUT2D eigenvalue weighted by Crippen LogP contribution is -2.61. The molecular weight excluding hydrogens is 296 g/mol. The maximum absolute atomic E-state index is 13.5. The molecule has 1 aliphatic rings. The Morgan fingerprint density at radius 3 is 2.29 bits per heavy atom. The van der Waals surface area contributed by atoms with Crippen molar-refractivity contribution in [1.29, 1.82) is 0 Å². The number of hydrogen-bond acceptors (Lipinski definition) is 2. The molecule has 1 aromatic rings. The van der Waals surface area contributed by atoms with Crippen LogP contribution in [0.1, 0.15) is 17.3 Å². The van der Waals surface area contributed by atoms with Gasteiger partial charge >= 0.3 is 0 Å². The normalized spacial score (nSPS) is 17.8. The SMILES string of the molecule is CC1(O)CN(C(=O)c2c(F)cc(Br)cc2F)C1. The molecule has 0 aromatic heterocycles. The van der Waals surface area contributed by atoms with Crippen LogP contribution in [0.5, 0.6) is 0 Å². The topological polar surface area (TPSA) is 40.5 Å². The van der Waals surface area contributed by atoms with Crippen LogP contribution in [0.2, 0.25) is 0 Å². The van der Waals surface area contributed by atoms with Crippen LogP contribution in [0, 0.1) is 11.6 Å². The molecule has 0 aliphatic carbocycles. The van der Waals surface area contributed by atoms with E-state index in [0.717, 1.165) is 12.1 Å². The van der Waals surface area contributed by atoms with Gasteiger partial charge in [0.2, 0.25) is 0 Å². The van der Waals surface area contributed by atoms with E-state index in [0.29, 0.717) is 0 Å². The molecule has 0 atom stereocenters. The van der Waals surface area contributed by atoms with Crippen molar-refractivity contribution in [2.45, 2.75) is 12.5 Å². The lowest BCUT2D eigenvalue weighted by molar-refractivity contribution is -0.0671. The Labute approximate surface area is 105 Å². The number of halogens is 3. The van der Waals surface area contributed by atoms with Gasteiger partial charge in [-0.05, 0) is 19.1 Å². The van der Waals surface area contributed by atoms with Crippen molar-refractivity contribution < 1.29 is 18.7 Å². The fourth-order valence-corrected chi connectivity index (χ4v) is 2.23. The van der Waals surface area contributed by atoms with Gasteiger partial charge in [-0.1, -0.05) is 15.9 Å². The summed E-state index contributed by atoms with van der Waals surface area (Å²) in [7, 11) is 0. The van der Waals surface area contributed by atoms with E-state index < -0.39 is 28.7 Å². The van der Waals surface area contributed by atoms with Crippen LogP contribution in [0.25, 0.3) is 0 Å². The summed E-state index contributed by atoms with van der Waals surface area (Å²) >= 11 is 2.94. The van der Waals surface area contributed by atoms with Crippen molar-refractivity contribution in [3.63, 3.8) is 0 Å². The lowest BCUT2D eigenvalue weighted by atomic mass is 9.96. The number of rotatable bonds is 1. The van der Waals surface area contributed by atoms with E-state index in [1.807, 2.05) is 0 Å². The van der Waals surface area contributed by atoms with E-state index in [9.17, 15) is 18.7 Å². The summed E-state index contributed by atoms with van der Waals surface area (Å²) in [5.41, 5.74) is -1.54. The van der Waals surface area contributed by atoms with Gasteiger partial charge in [0.05, 0.1) is 18.7 Å². The highest BCUT2D eigenvalue weighted by atomic mass is 79.9. The predicted octanol–water partition coefficient (Wildman–Crippen LogP) is 1.93. The smallest absolute Gasteiger partial charge is 0.260 e. The largest absolute Gasteiger partial charge is 0.386 e. The minimum atomic E-state index is -0.960. The van der Waals surface area contributed by atoms with Gasteiger partial charge in [-0.3, -0.25) is 4.79 Å². The highest BCUT2D eigenvalue weighted by Gasteiger charge is 2.41. The number of β-amino-alcohol motifs (C(OH)–C–C–N with tert-alkyl or cyclic N) is 1. The molecule has 2 rings (SSSR count). The average molecular weight is 306 g/mol. The first-order valence-electron chi connectivity index (χ1n) is 4.96. The fourth-order valence-electron chi connectivity index (χ4n) is 1.82. The molecule has 3 nitrogen and oxygen atoms in total. The molecule has 0 bridgehead atoms. The highest BCUT2D eigenvalue weighted by molar-refractivity contribution is 9.10. The molecule has 6 heteroatoms. The molecule has 0 spiro atoms. The third-order valence-corrected chi connectivity index (χ3v) is 3.03. The quantitative estimate of drug-likeness (QED) is 0.861. The first-order chi connectivity index (χ1) is 7.80. The zero-order valence-electron chi connectivity index (χ0n) is 9.01. The number of carbonyl (C=O) groups is 1. The monoisotopic (exact) mass is 305 g/mol.